The zero-order valence-corrected chi connectivity index (χ0v) is 22.8. The van der Waals surface area contributed by atoms with Crippen molar-refractivity contribution >= 4 is 22.5 Å². The quantitative estimate of drug-likeness (QED) is 0.278. The van der Waals surface area contributed by atoms with Gasteiger partial charge in [0.05, 0.1) is 20.2 Å². The first kappa shape index (κ1) is 25.9. The van der Waals surface area contributed by atoms with Crippen LogP contribution in [0.2, 0.25) is 0 Å². The van der Waals surface area contributed by atoms with Crippen LogP contribution in [-0.4, -0.2) is 26.0 Å². The minimum Gasteiger partial charge on any atom is -0.497 e. The monoisotopic (exact) mass is 543 g/mol. The second-order valence-electron chi connectivity index (χ2n) is 9.84. The van der Waals surface area contributed by atoms with Crippen LogP contribution in [-0.2, 0) is 20.1 Å². The van der Waals surface area contributed by atoms with Crippen molar-refractivity contribution in [2.45, 2.75) is 13.1 Å². The van der Waals surface area contributed by atoms with E-state index < -0.39 is 11.2 Å². The molecule has 1 N–H and O–H groups in total. The molecule has 0 amide bonds. The molecule has 0 saturated heterocycles. The first-order valence-electron chi connectivity index (χ1n) is 13.3. The Morgan fingerprint density at radius 3 is 1.98 bits per heavy atom. The SMILES string of the molecule is COc1ccc(Cn2c(=O)n(C)c(=O)c3c(Nc4ccccc4)n(Cc4ccc(-c5ccccc5)cc4)nc32)cc1. The van der Waals surface area contributed by atoms with E-state index in [1.165, 1.54) is 7.05 Å². The van der Waals surface area contributed by atoms with Crippen LogP contribution in [0.5, 0.6) is 5.75 Å². The van der Waals surface area contributed by atoms with Crippen LogP contribution < -0.4 is 21.3 Å². The normalized spacial score (nSPS) is 11.1. The molecule has 4 aromatic carbocycles. The number of fused-ring (bicyclic) bond motifs is 1. The van der Waals surface area contributed by atoms with E-state index in [1.54, 1.807) is 16.4 Å². The van der Waals surface area contributed by atoms with Crippen molar-refractivity contribution in [3.63, 3.8) is 0 Å². The Morgan fingerprint density at radius 1 is 0.732 bits per heavy atom. The summed E-state index contributed by atoms with van der Waals surface area (Å²) in [5.41, 5.74) is 4.46. The van der Waals surface area contributed by atoms with Crippen molar-refractivity contribution in [1.29, 1.82) is 0 Å². The molecule has 6 rings (SSSR count). The minimum absolute atomic E-state index is 0.251. The Morgan fingerprint density at radius 2 is 1.32 bits per heavy atom. The molecule has 8 nitrogen and oxygen atoms in total. The number of nitrogens with one attached hydrogen (secondary N) is 1. The topological polar surface area (TPSA) is 83.1 Å². The van der Waals surface area contributed by atoms with E-state index in [1.807, 2.05) is 72.8 Å². The summed E-state index contributed by atoms with van der Waals surface area (Å²) in [7, 11) is 3.11. The number of para-hydroxylation sites is 1. The molecule has 0 unspecified atom stereocenters. The van der Waals surface area contributed by atoms with Crippen LogP contribution in [0.3, 0.4) is 0 Å². The number of rotatable bonds is 8. The fourth-order valence-corrected chi connectivity index (χ4v) is 4.92. The summed E-state index contributed by atoms with van der Waals surface area (Å²) in [6.45, 7) is 0.653. The van der Waals surface area contributed by atoms with Crippen molar-refractivity contribution in [3.05, 3.63) is 141 Å². The van der Waals surface area contributed by atoms with E-state index in [0.29, 0.717) is 23.4 Å². The summed E-state index contributed by atoms with van der Waals surface area (Å²) < 4.78 is 9.73. The van der Waals surface area contributed by atoms with Crippen molar-refractivity contribution < 1.29 is 4.74 Å². The lowest BCUT2D eigenvalue weighted by Gasteiger charge is -2.11. The summed E-state index contributed by atoms with van der Waals surface area (Å²) in [6.07, 6.45) is 0. The number of anilines is 2. The number of ether oxygens (including phenoxy) is 1. The molecule has 0 fully saturated rings. The molecule has 0 atom stereocenters. The highest BCUT2D eigenvalue weighted by molar-refractivity contribution is 5.89. The van der Waals surface area contributed by atoms with E-state index >= 15 is 0 Å². The minimum atomic E-state index is -0.429. The maximum Gasteiger partial charge on any atom is 0.332 e. The predicted molar refractivity (Wildman–Crippen MR) is 162 cm³/mol. The molecule has 2 heterocycles. The van der Waals surface area contributed by atoms with E-state index in [9.17, 15) is 9.59 Å². The third-order valence-corrected chi connectivity index (χ3v) is 7.16. The molecule has 0 aliphatic heterocycles. The van der Waals surface area contributed by atoms with Gasteiger partial charge in [-0.25, -0.2) is 9.48 Å². The molecule has 0 aliphatic rings. The summed E-state index contributed by atoms with van der Waals surface area (Å²) in [6, 6.07) is 35.6. The number of nitrogens with zero attached hydrogens (tertiary/aromatic N) is 4. The Bertz CT molecular complexity index is 1920. The Kier molecular flexibility index (Phi) is 6.95. The van der Waals surface area contributed by atoms with Crippen LogP contribution in [0, 0.1) is 0 Å². The van der Waals surface area contributed by atoms with Gasteiger partial charge < -0.3 is 10.1 Å². The van der Waals surface area contributed by atoms with Crippen LogP contribution in [0.4, 0.5) is 11.5 Å². The lowest BCUT2D eigenvalue weighted by Crippen LogP contribution is -2.38. The highest BCUT2D eigenvalue weighted by atomic mass is 16.5. The predicted octanol–water partition coefficient (Wildman–Crippen LogP) is 5.41. The number of hydrogen-bond acceptors (Lipinski definition) is 5. The third-order valence-electron chi connectivity index (χ3n) is 7.16. The van der Waals surface area contributed by atoms with Gasteiger partial charge in [0, 0.05) is 12.7 Å². The van der Waals surface area contributed by atoms with Gasteiger partial charge in [-0.15, -0.1) is 0 Å². The van der Waals surface area contributed by atoms with Crippen LogP contribution in [0.15, 0.2) is 119 Å². The smallest absolute Gasteiger partial charge is 0.332 e. The molecular weight excluding hydrogens is 514 g/mol. The second-order valence-corrected chi connectivity index (χ2v) is 9.84. The highest BCUT2D eigenvalue weighted by Crippen LogP contribution is 2.26. The van der Waals surface area contributed by atoms with E-state index in [-0.39, 0.29) is 6.54 Å². The Hall–Kier alpha value is -5.37. The maximum absolute atomic E-state index is 13.6. The highest BCUT2D eigenvalue weighted by Gasteiger charge is 2.22. The number of benzene rings is 4. The van der Waals surface area contributed by atoms with E-state index in [4.69, 9.17) is 9.84 Å². The molecule has 0 saturated carbocycles. The van der Waals surface area contributed by atoms with Gasteiger partial charge in [0.2, 0.25) is 0 Å². The van der Waals surface area contributed by atoms with Gasteiger partial charge in [-0.3, -0.25) is 13.9 Å². The average molecular weight is 544 g/mol. The molecule has 0 spiro atoms. The maximum atomic E-state index is 13.6. The summed E-state index contributed by atoms with van der Waals surface area (Å²) in [5, 5.41) is 8.61. The van der Waals surface area contributed by atoms with Crippen molar-refractivity contribution in [2.24, 2.45) is 7.05 Å². The summed E-state index contributed by atoms with van der Waals surface area (Å²) in [4.78, 5) is 26.9. The lowest BCUT2D eigenvalue weighted by molar-refractivity contribution is 0.414. The lowest BCUT2D eigenvalue weighted by atomic mass is 10.0. The Balaban J connectivity index is 1.47. The fraction of sp³-hybridized carbons (Fsp3) is 0.121. The molecule has 2 aromatic heterocycles. The van der Waals surface area contributed by atoms with Gasteiger partial charge in [0.15, 0.2) is 5.65 Å². The molecule has 8 heteroatoms. The van der Waals surface area contributed by atoms with E-state index in [0.717, 1.165) is 38.3 Å². The zero-order valence-electron chi connectivity index (χ0n) is 22.8. The Labute approximate surface area is 236 Å². The zero-order chi connectivity index (χ0) is 28.3. The standard InChI is InChI=1S/C33H29N5O3/c1-36-32(39)29-30(34-27-11-7-4-8-12-27)38(22-24-13-17-26(18-14-24)25-9-5-3-6-10-25)35-31(29)37(33(36)40)21-23-15-19-28(41-2)20-16-23/h3-20,34H,21-22H2,1-2H3. The van der Waals surface area contributed by atoms with Gasteiger partial charge >= 0.3 is 5.69 Å². The van der Waals surface area contributed by atoms with Gasteiger partial charge in [0.25, 0.3) is 5.56 Å². The van der Waals surface area contributed by atoms with Crippen LogP contribution >= 0.6 is 0 Å². The second kappa shape index (κ2) is 11.0. The summed E-state index contributed by atoms with van der Waals surface area (Å²) >= 11 is 0. The largest absolute Gasteiger partial charge is 0.497 e. The van der Waals surface area contributed by atoms with Gasteiger partial charge in [-0.05, 0) is 46.5 Å². The van der Waals surface area contributed by atoms with Gasteiger partial charge in [-0.1, -0.05) is 84.9 Å². The number of hydrogen-bond donors (Lipinski definition) is 1. The van der Waals surface area contributed by atoms with Crippen LogP contribution in [0.25, 0.3) is 22.2 Å². The molecule has 41 heavy (non-hydrogen) atoms. The van der Waals surface area contributed by atoms with Crippen LogP contribution in [0.1, 0.15) is 11.1 Å². The molecule has 6 aromatic rings. The molecular formula is C33H29N5O3. The average Bonchev–Trinajstić information content (AvgIpc) is 3.37. The first-order chi connectivity index (χ1) is 20.0. The van der Waals surface area contributed by atoms with Crippen molar-refractivity contribution in [3.8, 4) is 16.9 Å². The van der Waals surface area contributed by atoms with Gasteiger partial charge in [0.1, 0.15) is 17.0 Å². The summed E-state index contributed by atoms with van der Waals surface area (Å²) in [5.74, 6) is 1.26. The van der Waals surface area contributed by atoms with Crippen molar-refractivity contribution in [1.82, 2.24) is 18.9 Å². The molecule has 204 valence electrons. The third kappa shape index (κ3) is 5.15. The molecule has 0 aliphatic carbocycles. The van der Waals surface area contributed by atoms with Gasteiger partial charge in [-0.2, -0.15) is 5.10 Å². The van der Waals surface area contributed by atoms with Crippen molar-refractivity contribution in [2.75, 3.05) is 12.4 Å². The van der Waals surface area contributed by atoms with E-state index in [2.05, 4.69) is 41.7 Å². The molecule has 0 radical (unpaired) electrons. The number of aromatic nitrogens is 4. The fourth-order valence-electron chi connectivity index (χ4n) is 4.92. The number of methoxy groups -OCH3 is 1. The first-order valence-corrected chi connectivity index (χ1v) is 13.3. The molecule has 0 bridgehead atoms.